The number of urea groups is 1. The molecule has 8 nitrogen and oxygen atoms in total. The van der Waals surface area contributed by atoms with Crippen LogP contribution in [0.3, 0.4) is 0 Å². The molecule has 2 amide bonds. The molecule has 2 aliphatic rings. The van der Waals surface area contributed by atoms with Gasteiger partial charge in [-0.15, -0.1) is 11.3 Å². The van der Waals surface area contributed by atoms with Gasteiger partial charge in [0, 0.05) is 23.5 Å². The van der Waals surface area contributed by atoms with Gasteiger partial charge in [0.2, 0.25) is 0 Å². The Morgan fingerprint density at radius 2 is 1.97 bits per heavy atom. The summed E-state index contributed by atoms with van der Waals surface area (Å²) in [5, 5.41) is 4.40. The Hall–Kier alpha value is -2.34. The zero-order chi connectivity index (χ0) is 22.7. The molecule has 1 N–H and O–H groups in total. The minimum Gasteiger partial charge on any atom is -0.342 e. The Labute approximate surface area is 180 Å². The fraction of sp³-hybridized carbons (Fsp3) is 0.632. The number of aromatic amines is 1. The highest BCUT2D eigenvalue weighted by atomic mass is 32.1. The predicted molar refractivity (Wildman–Crippen MR) is 108 cm³/mol. The van der Waals surface area contributed by atoms with Gasteiger partial charge in [0.25, 0.3) is 0 Å². The van der Waals surface area contributed by atoms with Crippen LogP contribution >= 0.6 is 11.3 Å². The Morgan fingerprint density at radius 3 is 2.55 bits per heavy atom. The highest BCUT2D eigenvalue weighted by Gasteiger charge is 2.54. The van der Waals surface area contributed by atoms with Crippen LogP contribution in [-0.4, -0.2) is 51.2 Å². The van der Waals surface area contributed by atoms with Crippen molar-refractivity contribution in [1.29, 1.82) is 0 Å². The average molecular weight is 459 g/mol. The van der Waals surface area contributed by atoms with Crippen LogP contribution in [0.4, 0.5) is 23.0 Å². The van der Waals surface area contributed by atoms with Gasteiger partial charge in [-0.25, -0.2) is 14.3 Å². The fourth-order valence-corrected chi connectivity index (χ4v) is 5.12. The van der Waals surface area contributed by atoms with Gasteiger partial charge in [-0.1, -0.05) is 20.8 Å². The zero-order valence-corrected chi connectivity index (χ0v) is 18.4. The summed E-state index contributed by atoms with van der Waals surface area (Å²) < 4.78 is 46.1. The van der Waals surface area contributed by atoms with Crippen molar-refractivity contribution >= 4 is 22.4 Å². The number of carbonyl (C=O) groups is 1. The van der Waals surface area contributed by atoms with Crippen LogP contribution in [0.1, 0.15) is 49.3 Å². The first-order valence-corrected chi connectivity index (χ1v) is 10.7. The molecule has 0 aliphatic carbocycles. The first-order valence-electron chi connectivity index (χ1n) is 9.89. The third kappa shape index (κ3) is 4.36. The molecule has 4 heterocycles. The topological polar surface area (TPSA) is 86.8 Å². The van der Waals surface area contributed by atoms with E-state index in [1.165, 1.54) is 32.1 Å². The Bertz CT molecular complexity index is 1050. The number of fused-ring (bicyclic) bond motifs is 3. The number of nitrogens with zero attached hydrogens (tertiary/aromatic N) is 4. The summed E-state index contributed by atoms with van der Waals surface area (Å²) >= 11 is 1.21. The maximum Gasteiger partial charge on any atom is 0.390 e. The van der Waals surface area contributed by atoms with Crippen molar-refractivity contribution in [3.05, 3.63) is 32.8 Å². The van der Waals surface area contributed by atoms with E-state index in [2.05, 4.69) is 10.1 Å². The summed E-state index contributed by atoms with van der Waals surface area (Å²) in [4.78, 5) is 31.2. The molecule has 0 spiro atoms. The molecule has 31 heavy (non-hydrogen) atoms. The number of nitrogens with one attached hydrogen (secondary N) is 1. The SMILES string of the molecule is Cc1c(Cn2nc[nH]c2=O)sc2c1C1OC1N(CC(C)(C)C)C(=O)N2CCC(F)(F)F. The second kappa shape index (κ2) is 7.37. The number of H-pyrrole nitrogens is 1. The lowest BCUT2D eigenvalue weighted by molar-refractivity contribution is -0.132. The van der Waals surface area contributed by atoms with Crippen molar-refractivity contribution < 1.29 is 22.7 Å². The predicted octanol–water partition coefficient (Wildman–Crippen LogP) is 3.63. The number of ether oxygens (including phenoxy) is 1. The van der Waals surface area contributed by atoms with E-state index in [4.69, 9.17) is 4.74 Å². The van der Waals surface area contributed by atoms with Crippen LogP contribution in [0.2, 0.25) is 0 Å². The van der Waals surface area contributed by atoms with Crippen molar-refractivity contribution in [2.45, 2.75) is 59.2 Å². The molecule has 2 atom stereocenters. The van der Waals surface area contributed by atoms with Gasteiger partial charge in [-0.2, -0.15) is 18.3 Å². The molecule has 2 aromatic heterocycles. The molecule has 2 unspecified atom stereocenters. The number of amides is 2. The number of rotatable bonds is 5. The molecule has 0 bridgehead atoms. The fourth-order valence-electron chi connectivity index (χ4n) is 3.78. The highest BCUT2D eigenvalue weighted by Crippen LogP contribution is 2.53. The van der Waals surface area contributed by atoms with E-state index in [9.17, 15) is 22.8 Å². The standard InChI is InChI=1S/C19H24F3N5O3S/c1-10-11(7-27-16(28)23-9-24-27)31-15-12(10)13-14(30-13)26(8-18(2,3)4)17(29)25(15)6-5-19(20,21)22/h9,13-14H,5-8H2,1-4H3,(H,23,24,28). The molecular formula is C19H24F3N5O3S. The molecule has 0 radical (unpaired) electrons. The average Bonchev–Trinajstić information content (AvgIpc) is 3.22. The van der Waals surface area contributed by atoms with Crippen molar-refractivity contribution in [3.63, 3.8) is 0 Å². The number of hydrogen-bond acceptors (Lipinski definition) is 5. The molecule has 2 aliphatic heterocycles. The molecular weight excluding hydrogens is 435 g/mol. The molecule has 0 aromatic carbocycles. The summed E-state index contributed by atoms with van der Waals surface area (Å²) in [5.74, 6) is 0. The normalized spacial score (nSPS) is 21.2. The monoisotopic (exact) mass is 459 g/mol. The maximum absolute atomic E-state index is 13.4. The molecule has 12 heteroatoms. The van der Waals surface area contributed by atoms with Crippen molar-refractivity contribution in [1.82, 2.24) is 19.7 Å². The van der Waals surface area contributed by atoms with Gasteiger partial charge in [0.15, 0.2) is 6.23 Å². The number of anilines is 1. The second-order valence-electron chi connectivity index (χ2n) is 9.06. The van der Waals surface area contributed by atoms with E-state index in [1.807, 2.05) is 27.7 Å². The summed E-state index contributed by atoms with van der Waals surface area (Å²) in [5.41, 5.74) is 0.899. The molecule has 2 aromatic rings. The minimum absolute atomic E-state index is 0.163. The van der Waals surface area contributed by atoms with Gasteiger partial charge in [-0.3, -0.25) is 14.8 Å². The van der Waals surface area contributed by atoms with Crippen molar-refractivity contribution in [2.24, 2.45) is 5.41 Å². The lowest BCUT2D eigenvalue weighted by Crippen LogP contribution is -2.48. The summed E-state index contributed by atoms with van der Waals surface area (Å²) in [6.07, 6.45) is -5.12. The quantitative estimate of drug-likeness (QED) is 0.692. The number of thiophene rings is 1. The van der Waals surface area contributed by atoms with Crippen LogP contribution in [0.25, 0.3) is 0 Å². The third-order valence-corrected chi connectivity index (χ3v) is 6.55. The number of alkyl halides is 3. The van der Waals surface area contributed by atoms with E-state index in [0.29, 0.717) is 11.5 Å². The molecule has 1 fully saturated rings. The molecule has 0 saturated carbocycles. The van der Waals surface area contributed by atoms with Crippen LogP contribution < -0.4 is 10.6 Å². The van der Waals surface area contributed by atoms with Gasteiger partial charge < -0.3 is 4.74 Å². The lowest BCUT2D eigenvalue weighted by atomic mass is 9.96. The van der Waals surface area contributed by atoms with Crippen molar-refractivity contribution in [3.8, 4) is 0 Å². The first-order chi connectivity index (χ1) is 14.4. The molecule has 1 saturated heterocycles. The van der Waals surface area contributed by atoms with Crippen LogP contribution in [-0.2, 0) is 11.3 Å². The largest absolute Gasteiger partial charge is 0.390 e. The van der Waals surface area contributed by atoms with E-state index in [-0.39, 0.29) is 17.6 Å². The van der Waals surface area contributed by atoms with E-state index >= 15 is 0 Å². The number of carbonyl (C=O) groups excluding carboxylic acids is 1. The van der Waals surface area contributed by atoms with Crippen LogP contribution in [0.5, 0.6) is 0 Å². The van der Waals surface area contributed by atoms with Gasteiger partial charge in [0.05, 0.1) is 13.0 Å². The minimum atomic E-state index is -4.39. The highest BCUT2D eigenvalue weighted by molar-refractivity contribution is 7.16. The smallest absolute Gasteiger partial charge is 0.342 e. The zero-order valence-electron chi connectivity index (χ0n) is 17.6. The molecule has 4 rings (SSSR count). The Morgan fingerprint density at radius 1 is 1.26 bits per heavy atom. The number of epoxide rings is 1. The first kappa shape index (κ1) is 21.9. The van der Waals surface area contributed by atoms with E-state index in [1.54, 1.807) is 0 Å². The lowest BCUT2D eigenvalue weighted by Gasteiger charge is -2.32. The number of hydrogen-bond donors (Lipinski definition) is 1. The number of aromatic nitrogens is 3. The molecule has 170 valence electrons. The Balaban J connectivity index is 1.73. The Kier molecular flexibility index (Phi) is 5.20. The second-order valence-corrected chi connectivity index (χ2v) is 10.1. The van der Waals surface area contributed by atoms with E-state index < -0.39 is 37.5 Å². The number of halogens is 3. The summed E-state index contributed by atoms with van der Waals surface area (Å²) in [7, 11) is 0. The van der Waals surface area contributed by atoms with Gasteiger partial charge in [0.1, 0.15) is 17.4 Å². The third-order valence-electron chi connectivity index (χ3n) is 5.23. The van der Waals surface area contributed by atoms with E-state index in [0.717, 1.165) is 16.0 Å². The van der Waals surface area contributed by atoms with Crippen LogP contribution in [0, 0.1) is 12.3 Å². The summed E-state index contributed by atoms with van der Waals surface area (Å²) in [6, 6.07) is -0.491. The van der Waals surface area contributed by atoms with Gasteiger partial charge >= 0.3 is 17.9 Å². The maximum atomic E-state index is 13.4. The van der Waals surface area contributed by atoms with Crippen LogP contribution in [0.15, 0.2) is 11.1 Å². The van der Waals surface area contributed by atoms with Gasteiger partial charge in [-0.05, 0) is 17.9 Å². The van der Waals surface area contributed by atoms with Crippen molar-refractivity contribution in [2.75, 3.05) is 18.0 Å². The summed E-state index contributed by atoms with van der Waals surface area (Å²) in [6.45, 7) is 7.77.